The van der Waals surface area contributed by atoms with Crippen LogP contribution in [-0.4, -0.2) is 128 Å². The molecule has 1 fully saturated rings. The summed E-state index contributed by atoms with van der Waals surface area (Å²) in [5, 5.41) is 47.6. The zero-order chi connectivity index (χ0) is 37.1. The van der Waals surface area contributed by atoms with Gasteiger partial charge in [0.15, 0.2) is 0 Å². The predicted octanol–water partition coefficient (Wildman–Crippen LogP) is -0.303. The quantitative estimate of drug-likeness (QED) is 0.0353. The number of aliphatic hydroxyl groups is 1. The van der Waals surface area contributed by atoms with Gasteiger partial charge >= 0.3 is 5.97 Å². The second-order valence-corrected chi connectivity index (χ2v) is 11.7. The van der Waals surface area contributed by atoms with E-state index in [1.165, 1.54) is 19.9 Å². The van der Waals surface area contributed by atoms with Crippen LogP contribution < -0.4 is 16.0 Å². The minimum absolute atomic E-state index is 0.0137. The molecule has 1 rings (SSSR count). The van der Waals surface area contributed by atoms with Crippen LogP contribution in [0.15, 0.2) is 23.3 Å². The molecule has 276 valence electrons. The third kappa shape index (κ3) is 17.0. The second-order valence-electron chi connectivity index (χ2n) is 11.7. The van der Waals surface area contributed by atoms with E-state index in [0.717, 1.165) is 6.08 Å². The Kier molecular flexibility index (Phi) is 19.4. The Morgan fingerprint density at radius 1 is 0.776 bits per heavy atom. The predicted molar refractivity (Wildman–Crippen MR) is 170 cm³/mol. The molecule has 3 atom stereocenters. The Morgan fingerprint density at radius 3 is 1.71 bits per heavy atom. The summed E-state index contributed by atoms with van der Waals surface area (Å²) in [6.07, 6.45) is 3.80. The number of carbonyl (C=O) groups is 7. The summed E-state index contributed by atoms with van der Waals surface area (Å²) in [5.74, 6) is -4.04. The Morgan fingerprint density at radius 2 is 1.24 bits per heavy atom. The number of piperazine rings is 1. The third-order valence-electron chi connectivity index (χ3n) is 7.38. The number of ether oxygens (including phenoxy) is 1. The van der Waals surface area contributed by atoms with E-state index < -0.39 is 59.5 Å². The highest BCUT2D eigenvalue weighted by molar-refractivity contribution is 5.96. The van der Waals surface area contributed by atoms with Crippen molar-refractivity contribution >= 4 is 41.4 Å². The molecule has 0 aromatic rings. The van der Waals surface area contributed by atoms with Crippen LogP contribution in [0, 0.1) is 0 Å². The maximum Gasteiger partial charge on any atom is 0.328 e. The van der Waals surface area contributed by atoms with Crippen molar-refractivity contribution < 1.29 is 59.0 Å². The molecule has 0 aliphatic carbocycles. The molecule has 49 heavy (non-hydrogen) atoms. The first kappa shape index (κ1) is 42.6. The van der Waals surface area contributed by atoms with E-state index in [0.29, 0.717) is 26.3 Å². The zero-order valence-corrected chi connectivity index (χ0v) is 28.5. The zero-order valence-electron chi connectivity index (χ0n) is 28.5. The number of nitrogens with one attached hydrogen (secondary N) is 3. The number of aliphatic hydroxyl groups excluding tert-OH is 1. The second kappa shape index (κ2) is 22.3. The van der Waals surface area contributed by atoms with Crippen molar-refractivity contribution in [3.05, 3.63) is 23.3 Å². The number of esters is 1. The van der Waals surface area contributed by atoms with Crippen LogP contribution in [0.3, 0.4) is 0 Å². The first-order valence-electron chi connectivity index (χ1n) is 16.0. The van der Waals surface area contributed by atoms with Crippen LogP contribution in [0.1, 0.15) is 79.1 Å². The molecular weight excluding hydrogens is 648 g/mol. The number of rotatable bonds is 21. The first-order valence-corrected chi connectivity index (χ1v) is 16.0. The van der Waals surface area contributed by atoms with E-state index in [9.17, 15) is 49.2 Å². The van der Waals surface area contributed by atoms with E-state index in [-0.39, 0.29) is 84.2 Å². The van der Waals surface area contributed by atoms with Crippen molar-refractivity contribution in [3.63, 3.8) is 0 Å². The molecule has 0 saturated carbocycles. The molecule has 0 bridgehead atoms. The average molecular weight is 699 g/mol. The lowest BCUT2D eigenvalue weighted by Gasteiger charge is -2.30. The molecule has 18 heteroatoms. The van der Waals surface area contributed by atoms with Crippen LogP contribution in [0.4, 0.5) is 0 Å². The maximum atomic E-state index is 12.6. The summed E-state index contributed by atoms with van der Waals surface area (Å²) in [6.45, 7) is 5.12. The van der Waals surface area contributed by atoms with Gasteiger partial charge in [0, 0.05) is 58.7 Å². The van der Waals surface area contributed by atoms with Crippen molar-refractivity contribution in [2.75, 3.05) is 32.8 Å². The van der Waals surface area contributed by atoms with Gasteiger partial charge in [-0.05, 0) is 58.8 Å². The fourth-order valence-electron chi connectivity index (χ4n) is 4.59. The highest BCUT2D eigenvalue weighted by Gasteiger charge is 2.33. The van der Waals surface area contributed by atoms with Crippen molar-refractivity contribution in [1.82, 2.24) is 31.1 Å². The molecule has 18 nitrogen and oxygen atoms in total. The van der Waals surface area contributed by atoms with Crippen LogP contribution in [0.5, 0.6) is 0 Å². The number of hydrogen-bond acceptors (Lipinski definition) is 12. The van der Waals surface area contributed by atoms with E-state index >= 15 is 0 Å². The topological polar surface area (TPSA) is 255 Å². The molecule has 1 aliphatic heterocycles. The van der Waals surface area contributed by atoms with Gasteiger partial charge in [-0.2, -0.15) is 0 Å². The summed E-state index contributed by atoms with van der Waals surface area (Å²) < 4.78 is 5.24. The van der Waals surface area contributed by atoms with E-state index in [2.05, 4.69) is 16.0 Å². The van der Waals surface area contributed by atoms with Gasteiger partial charge in [0.1, 0.15) is 18.1 Å². The lowest BCUT2D eigenvalue weighted by molar-refractivity contribution is -0.163. The van der Waals surface area contributed by atoms with Crippen LogP contribution in [-0.2, 0) is 38.3 Å². The molecule has 6 amide bonds. The van der Waals surface area contributed by atoms with Crippen molar-refractivity contribution in [1.29, 1.82) is 0 Å². The van der Waals surface area contributed by atoms with E-state index in [1.807, 2.05) is 0 Å². The van der Waals surface area contributed by atoms with E-state index in [4.69, 9.17) is 9.84 Å². The van der Waals surface area contributed by atoms with Gasteiger partial charge in [-0.25, -0.2) is 20.0 Å². The number of nitrogens with zero attached hydrogens (tertiary/aromatic N) is 3. The smallest absolute Gasteiger partial charge is 0.328 e. The first-order chi connectivity index (χ1) is 23.0. The summed E-state index contributed by atoms with van der Waals surface area (Å²) in [4.78, 5) is 84.5. The van der Waals surface area contributed by atoms with Crippen molar-refractivity contribution in [2.45, 2.75) is 97.2 Å². The van der Waals surface area contributed by atoms with Crippen molar-refractivity contribution in [3.8, 4) is 0 Å². The molecule has 0 spiro atoms. The SMILES string of the molecule is CC(=O)NC(CCCN(O)C(=O)C=C(C)CCO)C(=O)OCCC(C)=CC(=O)N(O)CCCC1NC(=O)C(CCCN(O)C(C)=O)NC1=O. The Hall–Kier alpha value is -4.39. The fourth-order valence-corrected chi connectivity index (χ4v) is 4.59. The molecule has 1 heterocycles. The lowest BCUT2D eigenvalue weighted by atomic mass is 10.0. The maximum absolute atomic E-state index is 12.6. The molecular formula is C31H50N6O12. The molecule has 0 aromatic heterocycles. The summed E-state index contributed by atoms with van der Waals surface area (Å²) in [5.41, 5.74) is 1.06. The number of hydroxylamine groups is 6. The molecule has 0 radical (unpaired) electrons. The molecule has 3 unspecified atom stereocenters. The van der Waals surface area contributed by atoms with Crippen LogP contribution >= 0.6 is 0 Å². The molecule has 1 saturated heterocycles. The Bertz CT molecular complexity index is 1240. The van der Waals surface area contributed by atoms with Gasteiger partial charge in [-0.1, -0.05) is 11.1 Å². The Labute approximate surface area is 285 Å². The van der Waals surface area contributed by atoms with Gasteiger partial charge < -0.3 is 25.8 Å². The minimum atomic E-state index is -1.04. The van der Waals surface area contributed by atoms with Gasteiger partial charge in [0.2, 0.25) is 23.6 Å². The standard InChI is InChI=1S/C31H50N6O12/c1-20(11-16-38)18-27(41)37(48)15-7-10-26(32-22(3)39)31(45)49-17-12-21(2)19-28(42)36(47)14-6-9-25-30(44)33-24(29(43)34-25)8-5-13-35(46)23(4)40/h18-19,24-26,38,46-48H,5-17H2,1-4H3,(H,32,39)(H,33,44)(H,34,43). The fraction of sp³-hybridized carbons (Fsp3) is 0.645. The van der Waals surface area contributed by atoms with Crippen LogP contribution in [0.2, 0.25) is 0 Å². The monoisotopic (exact) mass is 698 g/mol. The van der Waals surface area contributed by atoms with Gasteiger partial charge in [-0.3, -0.25) is 44.4 Å². The van der Waals surface area contributed by atoms with E-state index in [1.54, 1.807) is 13.8 Å². The van der Waals surface area contributed by atoms with Crippen molar-refractivity contribution in [2.24, 2.45) is 0 Å². The average Bonchev–Trinajstić information content (AvgIpc) is 3.01. The van der Waals surface area contributed by atoms with Gasteiger partial charge in [0.25, 0.3) is 11.8 Å². The normalized spacial score (nSPS) is 17.0. The molecule has 1 aliphatic rings. The third-order valence-corrected chi connectivity index (χ3v) is 7.38. The number of carbonyl (C=O) groups excluding carboxylic acids is 7. The summed E-state index contributed by atoms with van der Waals surface area (Å²) in [7, 11) is 0. The Balaban J connectivity index is 2.46. The summed E-state index contributed by atoms with van der Waals surface area (Å²) >= 11 is 0. The highest BCUT2D eigenvalue weighted by atomic mass is 16.5. The lowest BCUT2D eigenvalue weighted by Crippen LogP contribution is -2.61. The summed E-state index contributed by atoms with van der Waals surface area (Å²) in [6, 6.07) is -2.71. The number of hydrogen-bond donors (Lipinski definition) is 7. The van der Waals surface area contributed by atoms with Crippen LogP contribution in [0.25, 0.3) is 0 Å². The number of amides is 6. The van der Waals surface area contributed by atoms with Gasteiger partial charge in [0.05, 0.1) is 6.61 Å². The highest BCUT2D eigenvalue weighted by Crippen LogP contribution is 2.11. The minimum Gasteiger partial charge on any atom is -0.464 e. The molecule has 7 N–H and O–H groups in total. The molecule has 0 aromatic carbocycles. The van der Waals surface area contributed by atoms with Gasteiger partial charge in [-0.15, -0.1) is 0 Å². The largest absolute Gasteiger partial charge is 0.464 e.